The topological polar surface area (TPSA) is 64.3 Å². The van der Waals surface area contributed by atoms with Crippen molar-refractivity contribution in [2.45, 2.75) is 63.1 Å². The van der Waals surface area contributed by atoms with E-state index in [0.29, 0.717) is 11.8 Å². The number of amides is 1. The van der Waals surface area contributed by atoms with Gasteiger partial charge in [0.05, 0.1) is 12.1 Å². The molecule has 6 aliphatic rings. The second-order valence-corrected chi connectivity index (χ2v) is 8.56. The minimum atomic E-state index is -0.0574. The van der Waals surface area contributed by atoms with E-state index >= 15 is 0 Å². The normalized spacial score (nSPS) is 56.9. The van der Waals surface area contributed by atoms with Gasteiger partial charge >= 0.3 is 0 Å². The van der Waals surface area contributed by atoms with Crippen LogP contribution in [-0.4, -0.2) is 30.7 Å². The predicted molar refractivity (Wildman–Crippen MR) is 78.4 cm³/mol. The standard InChI is InChI=1S/C17H26N2O2/c18-13-12-1-2-21-15(12)14(13)19-16(20)17-6-9-3-10(7-17)5-11(4-9)8-17/h9-15H,1-8,18H2,(H,19,20). The van der Waals surface area contributed by atoms with E-state index in [4.69, 9.17) is 10.5 Å². The number of rotatable bonds is 2. The Morgan fingerprint density at radius 1 is 1.10 bits per heavy atom. The van der Waals surface area contributed by atoms with E-state index in [2.05, 4.69) is 5.32 Å². The molecule has 0 aromatic carbocycles. The van der Waals surface area contributed by atoms with Crippen LogP contribution in [0.1, 0.15) is 44.9 Å². The van der Waals surface area contributed by atoms with Gasteiger partial charge in [0, 0.05) is 24.0 Å². The number of carbonyl (C=O) groups is 1. The molecule has 1 saturated heterocycles. The third kappa shape index (κ3) is 1.72. The van der Waals surface area contributed by atoms with E-state index in [0.717, 1.165) is 50.0 Å². The van der Waals surface area contributed by atoms with Gasteiger partial charge in [0.15, 0.2) is 0 Å². The van der Waals surface area contributed by atoms with Crippen molar-refractivity contribution in [3.8, 4) is 0 Å². The number of hydrogen-bond acceptors (Lipinski definition) is 3. The van der Waals surface area contributed by atoms with E-state index in [9.17, 15) is 4.79 Å². The fraction of sp³-hybridized carbons (Fsp3) is 0.941. The molecule has 0 aromatic rings. The lowest BCUT2D eigenvalue weighted by molar-refractivity contribution is -0.150. The van der Waals surface area contributed by atoms with Crippen molar-refractivity contribution in [1.82, 2.24) is 5.32 Å². The first-order chi connectivity index (χ1) is 10.1. The van der Waals surface area contributed by atoms with Crippen LogP contribution in [-0.2, 0) is 9.53 Å². The average Bonchev–Trinajstić information content (AvgIpc) is 2.87. The Balaban J connectivity index is 1.33. The third-order valence-corrected chi connectivity index (χ3v) is 7.26. The average molecular weight is 290 g/mol. The number of ether oxygens (including phenoxy) is 1. The first kappa shape index (κ1) is 12.9. The lowest BCUT2D eigenvalue weighted by atomic mass is 9.49. The van der Waals surface area contributed by atoms with Gasteiger partial charge in [-0.15, -0.1) is 0 Å². The van der Waals surface area contributed by atoms with Gasteiger partial charge in [0.2, 0.25) is 5.91 Å². The molecule has 5 aliphatic carbocycles. The molecule has 4 atom stereocenters. The predicted octanol–water partition coefficient (Wildman–Crippen LogP) is 1.43. The summed E-state index contributed by atoms with van der Waals surface area (Å²) in [5.74, 6) is 3.22. The zero-order chi connectivity index (χ0) is 14.2. The maximum absolute atomic E-state index is 13.0. The van der Waals surface area contributed by atoms with Crippen LogP contribution in [0.25, 0.3) is 0 Å². The fourth-order valence-corrected chi connectivity index (χ4v) is 6.62. The molecule has 1 amide bonds. The third-order valence-electron chi connectivity index (χ3n) is 7.26. The molecular formula is C17H26N2O2. The maximum Gasteiger partial charge on any atom is 0.226 e. The molecule has 1 heterocycles. The molecule has 0 aromatic heterocycles. The summed E-state index contributed by atoms with van der Waals surface area (Å²) in [6.07, 6.45) is 8.77. The molecule has 3 N–H and O–H groups in total. The van der Waals surface area contributed by atoms with Crippen LogP contribution in [0.4, 0.5) is 0 Å². The lowest BCUT2D eigenvalue weighted by Crippen LogP contribution is -2.70. The van der Waals surface area contributed by atoms with E-state index < -0.39 is 0 Å². The molecule has 5 saturated carbocycles. The summed E-state index contributed by atoms with van der Waals surface area (Å²) in [6, 6.07) is 0.174. The molecule has 1 aliphatic heterocycles. The quantitative estimate of drug-likeness (QED) is 0.808. The van der Waals surface area contributed by atoms with Crippen LogP contribution in [0, 0.1) is 29.1 Å². The van der Waals surface area contributed by atoms with Gasteiger partial charge in [0.25, 0.3) is 0 Å². The molecule has 116 valence electrons. The van der Waals surface area contributed by atoms with Crippen molar-refractivity contribution in [3.63, 3.8) is 0 Å². The van der Waals surface area contributed by atoms with Crippen molar-refractivity contribution >= 4 is 5.91 Å². The van der Waals surface area contributed by atoms with E-state index in [1.54, 1.807) is 0 Å². The molecule has 4 nitrogen and oxygen atoms in total. The lowest BCUT2D eigenvalue weighted by Gasteiger charge is -2.56. The van der Waals surface area contributed by atoms with Crippen LogP contribution in [0.5, 0.6) is 0 Å². The van der Waals surface area contributed by atoms with Crippen molar-refractivity contribution in [1.29, 1.82) is 0 Å². The number of nitrogens with two attached hydrogens (primary N) is 1. The second kappa shape index (κ2) is 4.23. The minimum absolute atomic E-state index is 0.0574. The first-order valence-electron chi connectivity index (χ1n) is 8.83. The molecule has 4 bridgehead atoms. The summed E-state index contributed by atoms with van der Waals surface area (Å²) in [5, 5.41) is 3.31. The summed E-state index contributed by atoms with van der Waals surface area (Å²) in [4.78, 5) is 13.0. The van der Waals surface area contributed by atoms with Gasteiger partial charge in [-0.3, -0.25) is 4.79 Å². The van der Waals surface area contributed by atoms with Crippen molar-refractivity contribution < 1.29 is 9.53 Å². The smallest absolute Gasteiger partial charge is 0.226 e. The van der Waals surface area contributed by atoms with Gasteiger partial charge in [-0.25, -0.2) is 0 Å². The van der Waals surface area contributed by atoms with Crippen LogP contribution in [0.2, 0.25) is 0 Å². The van der Waals surface area contributed by atoms with Gasteiger partial charge < -0.3 is 15.8 Å². The van der Waals surface area contributed by atoms with Crippen LogP contribution in [0.3, 0.4) is 0 Å². The zero-order valence-electron chi connectivity index (χ0n) is 12.6. The van der Waals surface area contributed by atoms with Gasteiger partial charge in [0.1, 0.15) is 0 Å². The van der Waals surface area contributed by atoms with Crippen LogP contribution < -0.4 is 11.1 Å². The highest BCUT2D eigenvalue weighted by atomic mass is 16.5. The van der Waals surface area contributed by atoms with E-state index in [1.807, 2.05) is 0 Å². The molecule has 4 unspecified atom stereocenters. The Morgan fingerprint density at radius 3 is 2.33 bits per heavy atom. The van der Waals surface area contributed by atoms with Gasteiger partial charge in [-0.1, -0.05) is 0 Å². The van der Waals surface area contributed by atoms with Gasteiger partial charge in [-0.2, -0.15) is 0 Å². The van der Waals surface area contributed by atoms with E-state index in [1.165, 1.54) is 19.3 Å². The molecule has 4 heteroatoms. The van der Waals surface area contributed by atoms with Crippen molar-refractivity contribution in [2.75, 3.05) is 6.61 Å². The summed E-state index contributed by atoms with van der Waals surface area (Å²) in [5.41, 5.74) is 6.20. The van der Waals surface area contributed by atoms with Crippen LogP contribution in [0.15, 0.2) is 0 Å². The molecule has 6 fully saturated rings. The Hall–Kier alpha value is -0.610. The Labute approximate surface area is 126 Å². The number of hydrogen-bond donors (Lipinski definition) is 2. The highest BCUT2D eigenvalue weighted by Crippen LogP contribution is 2.60. The molecular weight excluding hydrogens is 264 g/mol. The van der Waals surface area contributed by atoms with E-state index in [-0.39, 0.29) is 23.6 Å². The largest absolute Gasteiger partial charge is 0.376 e. The summed E-state index contributed by atoms with van der Waals surface area (Å²) in [6.45, 7) is 0.812. The summed E-state index contributed by atoms with van der Waals surface area (Å²) >= 11 is 0. The van der Waals surface area contributed by atoms with Crippen LogP contribution >= 0.6 is 0 Å². The fourth-order valence-electron chi connectivity index (χ4n) is 6.62. The molecule has 6 rings (SSSR count). The van der Waals surface area contributed by atoms with Crippen molar-refractivity contribution in [3.05, 3.63) is 0 Å². The first-order valence-corrected chi connectivity index (χ1v) is 8.83. The summed E-state index contributed by atoms with van der Waals surface area (Å²) < 4.78 is 5.76. The highest BCUT2D eigenvalue weighted by Gasteiger charge is 2.57. The Bertz CT molecular complexity index is 442. The van der Waals surface area contributed by atoms with Gasteiger partial charge in [-0.05, 0) is 62.7 Å². The molecule has 21 heavy (non-hydrogen) atoms. The van der Waals surface area contributed by atoms with Crippen molar-refractivity contribution in [2.24, 2.45) is 34.8 Å². The SMILES string of the molecule is NC1C2CCOC2C1NC(=O)C12CC3CC(CC(C3)C1)C2. The number of carbonyl (C=O) groups excluding carboxylic acids is 1. The minimum Gasteiger partial charge on any atom is -0.376 e. The maximum atomic E-state index is 13.0. The summed E-state index contributed by atoms with van der Waals surface area (Å²) in [7, 11) is 0. The molecule has 0 spiro atoms. The monoisotopic (exact) mass is 290 g/mol. The molecule has 0 radical (unpaired) electrons. The number of nitrogens with one attached hydrogen (secondary N) is 1. The highest BCUT2D eigenvalue weighted by molar-refractivity contribution is 5.83. The number of fused-ring (bicyclic) bond motifs is 1. The zero-order valence-corrected chi connectivity index (χ0v) is 12.6. The second-order valence-electron chi connectivity index (χ2n) is 8.56. The Kier molecular flexibility index (Phi) is 2.59. The Morgan fingerprint density at radius 2 is 1.71 bits per heavy atom.